The van der Waals surface area contributed by atoms with E-state index in [9.17, 15) is 0 Å². The molecule has 0 rings (SSSR count). The monoisotopic (exact) mass is 135 g/mol. The van der Waals surface area contributed by atoms with E-state index in [0.29, 0.717) is 0 Å². The molecule has 0 aliphatic heterocycles. The van der Waals surface area contributed by atoms with Crippen molar-refractivity contribution in [1.82, 2.24) is 4.90 Å². The van der Waals surface area contributed by atoms with Gasteiger partial charge in [-0.25, -0.2) is 0 Å². The minimum Gasteiger partial charge on any atom is -0.384 e. The van der Waals surface area contributed by atoms with Crippen LogP contribution in [0.5, 0.6) is 0 Å². The first kappa shape index (κ1) is 7.05. The summed E-state index contributed by atoms with van der Waals surface area (Å²) in [4.78, 5) is 1.98. The van der Waals surface area contributed by atoms with E-state index in [0.717, 1.165) is 0 Å². The molecule has 0 aliphatic rings. The molecule has 0 fully saturated rings. The molecule has 42 valence electrons. The van der Waals surface area contributed by atoms with Crippen molar-refractivity contribution in [3.05, 3.63) is 11.9 Å². The second-order valence-electron chi connectivity index (χ2n) is 1.50. The minimum atomic E-state index is -0.379. The van der Waals surface area contributed by atoms with Gasteiger partial charge in [0.1, 0.15) is 8.83 Å². The van der Waals surface area contributed by atoms with Gasteiger partial charge in [0, 0.05) is 14.1 Å². The highest BCUT2D eigenvalue weighted by atomic mass is 35.6. The predicted molar refractivity (Wildman–Crippen MR) is 37.2 cm³/mol. The summed E-state index contributed by atoms with van der Waals surface area (Å²) in [5.74, 6) is 0. The second-order valence-corrected chi connectivity index (χ2v) is 3.21. The number of hydrogen-bond donors (Lipinski definition) is 0. The van der Waals surface area contributed by atoms with Crippen LogP contribution in [-0.4, -0.2) is 27.8 Å². The molecule has 0 amide bonds. The topological polar surface area (TPSA) is 3.24 Å². The molecule has 0 unspecified atom stereocenters. The summed E-state index contributed by atoms with van der Waals surface area (Å²) < 4.78 is 0. The normalized spacial score (nSPS) is 11.9. The Morgan fingerprint density at radius 2 is 2.14 bits per heavy atom. The van der Waals surface area contributed by atoms with Crippen LogP contribution in [0.3, 0.4) is 0 Å². The molecule has 0 atom stereocenters. The van der Waals surface area contributed by atoms with Gasteiger partial charge in [-0.15, -0.1) is 0 Å². The molecular formula is C4H10ClNSi. The summed E-state index contributed by atoms with van der Waals surface area (Å²) in [6, 6.07) is 0. The lowest BCUT2D eigenvalue weighted by Crippen LogP contribution is -2.00. The molecule has 0 radical (unpaired) electrons. The van der Waals surface area contributed by atoms with Crippen LogP contribution in [0.2, 0.25) is 0 Å². The minimum absolute atomic E-state index is 0.379. The van der Waals surface area contributed by atoms with Crippen molar-refractivity contribution in [2.75, 3.05) is 14.1 Å². The van der Waals surface area contributed by atoms with Crippen LogP contribution >= 0.6 is 11.1 Å². The Hall–Kier alpha value is 0.0469. The first-order valence-corrected chi connectivity index (χ1v) is 5.12. The lowest BCUT2D eigenvalue weighted by Gasteiger charge is -2.00. The van der Waals surface area contributed by atoms with Gasteiger partial charge in [-0.1, -0.05) is 5.70 Å². The predicted octanol–water partition coefficient (Wildman–Crippen LogP) is 0.342. The third-order valence-electron chi connectivity index (χ3n) is 0.493. The molecule has 0 heterocycles. The van der Waals surface area contributed by atoms with Crippen LogP contribution in [0.15, 0.2) is 11.9 Å². The number of rotatable bonds is 2. The van der Waals surface area contributed by atoms with Crippen molar-refractivity contribution >= 4 is 19.9 Å². The maximum absolute atomic E-state index is 5.47. The largest absolute Gasteiger partial charge is 0.384 e. The SMILES string of the molecule is CN(C)C=C[SiH2]Cl. The van der Waals surface area contributed by atoms with Crippen molar-refractivity contribution in [2.24, 2.45) is 0 Å². The highest BCUT2D eigenvalue weighted by molar-refractivity contribution is 6.96. The number of halogens is 1. The van der Waals surface area contributed by atoms with Gasteiger partial charge >= 0.3 is 0 Å². The fraction of sp³-hybridized carbons (Fsp3) is 0.500. The van der Waals surface area contributed by atoms with Crippen LogP contribution < -0.4 is 0 Å². The summed E-state index contributed by atoms with van der Waals surface area (Å²) in [5.41, 5.74) is 2.03. The molecule has 0 aromatic heterocycles. The van der Waals surface area contributed by atoms with Crippen LogP contribution in [0, 0.1) is 0 Å². The molecule has 1 nitrogen and oxygen atoms in total. The zero-order valence-electron chi connectivity index (χ0n) is 4.69. The van der Waals surface area contributed by atoms with Gasteiger partial charge < -0.3 is 4.90 Å². The summed E-state index contributed by atoms with van der Waals surface area (Å²) in [7, 11) is 3.59. The average molecular weight is 136 g/mol. The standard InChI is InChI=1S/C4H10ClNSi/c1-6(2)3-4-7-5/h3-4H,7H2,1-2H3. The summed E-state index contributed by atoms with van der Waals surface area (Å²) in [5, 5.41) is 0. The summed E-state index contributed by atoms with van der Waals surface area (Å²) in [6.07, 6.45) is 1.99. The van der Waals surface area contributed by atoms with Crippen molar-refractivity contribution in [1.29, 1.82) is 0 Å². The van der Waals surface area contributed by atoms with Crippen LogP contribution in [-0.2, 0) is 0 Å². The lowest BCUT2D eigenvalue weighted by atomic mass is 10.9. The van der Waals surface area contributed by atoms with E-state index < -0.39 is 0 Å². The first-order valence-electron chi connectivity index (χ1n) is 2.16. The highest BCUT2D eigenvalue weighted by Gasteiger charge is 1.71. The van der Waals surface area contributed by atoms with Crippen molar-refractivity contribution in [3.8, 4) is 0 Å². The van der Waals surface area contributed by atoms with E-state index in [-0.39, 0.29) is 8.83 Å². The molecule has 0 aliphatic carbocycles. The van der Waals surface area contributed by atoms with E-state index in [4.69, 9.17) is 11.1 Å². The Bertz CT molecular complexity index is 62.7. The van der Waals surface area contributed by atoms with Gasteiger partial charge in [0.05, 0.1) is 0 Å². The Labute approximate surface area is 51.5 Å². The van der Waals surface area contributed by atoms with Crippen molar-refractivity contribution in [3.63, 3.8) is 0 Å². The quantitative estimate of drug-likeness (QED) is 0.390. The molecule has 0 bridgehead atoms. The van der Waals surface area contributed by atoms with Gasteiger partial charge in [0.25, 0.3) is 0 Å². The van der Waals surface area contributed by atoms with Gasteiger partial charge in [0.2, 0.25) is 0 Å². The van der Waals surface area contributed by atoms with E-state index in [2.05, 4.69) is 0 Å². The average Bonchev–Trinajstić information content (AvgIpc) is 1.61. The van der Waals surface area contributed by atoms with Gasteiger partial charge in [0.15, 0.2) is 0 Å². The van der Waals surface area contributed by atoms with Crippen LogP contribution in [0.1, 0.15) is 0 Å². The number of nitrogens with zero attached hydrogens (tertiary/aromatic N) is 1. The lowest BCUT2D eigenvalue weighted by molar-refractivity contribution is 0.565. The molecule has 0 aromatic carbocycles. The van der Waals surface area contributed by atoms with Gasteiger partial charge in [-0.2, -0.15) is 11.1 Å². The van der Waals surface area contributed by atoms with Crippen LogP contribution in [0.25, 0.3) is 0 Å². The van der Waals surface area contributed by atoms with E-state index in [1.807, 2.05) is 30.9 Å². The molecule has 0 N–H and O–H groups in total. The van der Waals surface area contributed by atoms with Gasteiger partial charge in [-0.05, 0) is 6.20 Å². The molecule has 0 saturated carbocycles. The Balaban J connectivity index is 3.08. The smallest absolute Gasteiger partial charge is 0.150 e. The second kappa shape index (κ2) is 4.21. The maximum Gasteiger partial charge on any atom is 0.150 e. The third kappa shape index (κ3) is 6.05. The van der Waals surface area contributed by atoms with Crippen LogP contribution in [0.4, 0.5) is 0 Å². The zero-order valence-corrected chi connectivity index (χ0v) is 6.86. The summed E-state index contributed by atoms with van der Waals surface area (Å²) in [6.45, 7) is 0. The van der Waals surface area contributed by atoms with E-state index in [1.54, 1.807) is 0 Å². The molecule has 0 spiro atoms. The summed E-state index contributed by atoms with van der Waals surface area (Å²) >= 11 is 5.47. The fourth-order valence-electron chi connectivity index (χ4n) is 0.251. The Morgan fingerprint density at radius 1 is 1.57 bits per heavy atom. The molecule has 7 heavy (non-hydrogen) atoms. The number of hydrogen-bond acceptors (Lipinski definition) is 1. The third-order valence-corrected chi connectivity index (χ3v) is 1.42. The molecule has 0 saturated heterocycles. The highest BCUT2D eigenvalue weighted by Crippen LogP contribution is 1.76. The van der Waals surface area contributed by atoms with E-state index in [1.165, 1.54) is 0 Å². The Kier molecular flexibility index (Phi) is 4.24. The zero-order chi connectivity index (χ0) is 5.70. The molecule has 3 heteroatoms. The van der Waals surface area contributed by atoms with Crippen molar-refractivity contribution in [2.45, 2.75) is 0 Å². The Morgan fingerprint density at radius 3 is 2.29 bits per heavy atom. The fourth-order valence-corrected chi connectivity index (χ4v) is 0.991. The first-order chi connectivity index (χ1) is 3.27. The maximum atomic E-state index is 5.47. The molecule has 0 aromatic rings. The molecular weight excluding hydrogens is 126 g/mol. The van der Waals surface area contributed by atoms with Gasteiger partial charge in [-0.3, -0.25) is 0 Å². The van der Waals surface area contributed by atoms with Crippen molar-refractivity contribution < 1.29 is 0 Å². The van der Waals surface area contributed by atoms with E-state index >= 15 is 0 Å².